The van der Waals surface area contributed by atoms with Gasteiger partial charge in [-0.15, -0.1) is 0 Å². The maximum absolute atomic E-state index is 12.6. The smallest absolute Gasteiger partial charge is 0.238 e. The molecule has 0 bridgehead atoms. The first kappa shape index (κ1) is 13.4. The molecule has 0 saturated carbocycles. The summed E-state index contributed by atoms with van der Waals surface area (Å²) in [6, 6.07) is 8.99. The number of hydrogen-bond acceptors (Lipinski definition) is 4. The van der Waals surface area contributed by atoms with Gasteiger partial charge in [0.1, 0.15) is 11.6 Å². The molecule has 0 fully saturated rings. The summed E-state index contributed by atoms with van der Waals surface area (Å²) in [6.45, 7) is 0.448. The van der Waals surface area contributed by atoms with Gasteiger partial charge in [0, 0.05) is 6.54 Å². The molecule has 5 nitrogen and oxygen atoms in total. The summed E-state index contributed by atoms with van der Waals surface area (Å²) < 4.78 is 34.8. The molecular weight excluding hydrogens is 269 g/mol. The van der Waals surface area contributed by atoms with Crippen molar-refractivity contribution in [3.05, 3.63) is 54.0 Å². The van der Waals surface area contributed by atoms with Gasteiger partial charge in [-0.3, -0.25) is 0 Å². The SMILES string of the molecule is NS(=O)(=O)c1ccc(CNc2ccc(F)cn2)cc1. The molecule has 2 rings (SSSR count). The van der Waals surface area contributed by atoms with E-state index in [1.807, 2.05) is 0 Å². The molecule has 3 N–H and O–H groups in total. The van der Waals surface area contributed by atoms with Crippen LogP contribution in [0.25, 0.3) is 0 Å². The zero-order valence-electron chi connectivity index (χ0n) is 9.88. The fourth-order valence-electron chi connectivity index (χ4n) is 1.47. The van der Waals surface area contributed by atoms with E-state index in [0.29, 0.717) is 12.4 Å². The average Bonchev–Trinajstić information content (AvgIpc) is 2.37. The third-order valence-corrected chi connectivity index (χ3v) is 3.38. The number of nitrogens with zero attached hydrogens (tertiary/aromatic N) is 1. The van der Waals surface area contributed by atoms with Gasteiger partial charge >= 0.3 is 0 Å². The lowest BCUT2D eigenvalue weighted by atomic mass is 10.2. The molecule has 0 amide bonds. The number of benzene rings is 1. The van der Waals surface area contributed by atoms with Gasteiger partial charge in [-0.25, -0.2) is 22.9 Å². The molecular formula is C12H12FN3O2S. The first-order valence-corrected chi connectivity index (χ1v) is 6.97. The Morgan fingerprint density at radius 1 is 1.16 bits per heavy atom. The zero-order valence-corrected chi connectivity index (χ0v) is 10.7. The number of sulfonamides is 1. The number of rotatable bonds is 4. The van der Waals surface area contributed by atoms with Crippen LogP contribution < -0.4 is 10.5 Å². The van der Waals surface area contributed by atoms with Gasteiger partial charge in [0.25, 0.3) is 0 Å². The number of primary sulfonamides is 1. The highest BCUT2D eigenvalue weighted by Crippen LogP contribution is 2.10. The molecule has 0 aliphatic heterocycles. The normalized spacial score (nSPS) is 11.3. The Morgan fingerprint density at radius 3 is 2.37 bits per heavy atom. The zero-order chi connectivity index (χ0) is 13.9. The van der Waals surface area contributed by atoms with Crippen molar-refractivity contribution in [3.8, 4) is 0 Å². The largest absolute Gasteiger partial charge is 0.366 e. The second-order valence-electron chi connectivity index (χ2n) is 3.90. The van der Waals surface area contributed by atoms with E-state index < -0.39 is 15.8 Å². The predicted octanol–water partition coefficient (Wildman–Crippen LogP) is 1.48. The minimum Gasteiger partial charge on any atom is -0.366 e. The van der Waals surface area contributed by atoms with Crippen molar-refractivity contribution >= 4 is 15.8 Å². The third-order valence-electron chi connectivity index (χ3n) is 2.45. The van der Waals surface area contributed by atoms with E-state index in [9.17, 15) is 12.8 Å². The van der Waals surface area contributed by atoms with Crippen LogP contribution in [0.4, 0.5) is 10.2 Å². The monoisotopic (exact) mass is 281 g/mol. The summed E-state index contributed by atoms with van der Waals surface area (Å²) in [7, 11) is -3.67. The van der Waals surface area contributed by atoms with Crippen molar-refractivity contribution in [3.63, 3.8) is 0 Å². The molecule has 0 saturated heterocycles. The van der Waals surface area contributed by atoms with Crippen molar-refractivity contribution in [2.24, 2.45) is 5.14 Å². The molecule has 0 atom stereocenters. The summed E-state index contributed by atoms with van der Waals surface area (Å²) >= 11 is 0. The molecule has 19 heavy (non-hydrogen) atoms. The minimum absolute atomic E-state index is 0.0659. The van der Waals surface area contributed by atoms with Gasteiger partial charge < -0.3 is 5.32 Å². The standard InChI is InChI=1S/C12H12FN3O2S/c13-10-3-6-12(16-8-10)15-7-9-1-4-11(5-2-9)19(14,17)18/h1-6,8H,7H2,(H,15,16)(H2,14,17,18). The van der Waals surface area contributed by atoms with Crippen molar-refractivity contribution in [2.45, 2.75) is 11.4 Å². The van der Waals surface area contributed by atoms with Crippen LogP contribution in [-0.4, -0.2) is 13.4 Å². The molecule has 1 aromatic heterocycles. The first-order valence-electron chi connectivity index (χ1n) is 5.42. The van der Waals surface area contributed by atoms with Crippen LogP contribution in [0.1, 0.15) is 5.56 Å². The lowest BCUT2D eigenvalue weighted by molar-refractivity contribution is 0.598. The van der Waals surface area contributed by atoms with Crippen LogP contribution in [0, 0.1) is 5.82 Å². The van der Waals surface area contributed by atoms with Gasteiger partial charge in [-0.1, -0.05) is 12.1 Å². The molecule has 1 heterocycles. The number of anilines is 1. The van der Waals surface area contributed by atoms with E-state index in [4.69, 9.17) is 5.14 Å². The first-order chi connectivity index (χ1) is 8.95. The Labute approximate surface area is 110 Å². The van der Waals surface area contributed by atoms with Crippen LogP contribution in [0.2, 0.25) is 0 Å². The van der Waals surface area contributed by atoms with Crippen LogP contribution in [0.15, 0.2) is 47.5 Å². The number of pyridine rings is 1. The quantitative estimate of drug-likeness (QED) is 0.889. The van der Waals surface area contributed by atoms with Crippen molar-refractivity contribution in [1.29, 1.82) is 0 Å². The molecule has 0 spiro atoms. The lowest BCUT2D eigenvalue weighted by Crippen LogP contribution is -2.12. The summed E-state index contributed by atoms with van der Waals surface area (Å²) in [4.78, 5) is 3.91. The van der Waals surface area contributed by atoms with E-state index in [0.717, 1.165) is 11.8 Å². The topological polar surface area (TPSA) is 85.1 Å². The van der Waals surface area contributed by atoms with Crippen molar-refractivity contribution in [1.82, 2.24) is 4.98 Å². The second kappa shape index (κ2) is 5.33. The number of aromatic nitrogens is 1. The van der Waals surface area contributed by atoms with E-state index in [1.54, 1.807) is 12.1 Å². The van der Waals surface area contributed by atoms with Gasteiger partial charge in [-0.2, -0.15) is 0 Å². The summed E-state index contributed by atoms with van der Waals surface area (Å²) in [5, 5.41) is 7.98. The van der Waals surface area contributed by atoms with E-state index in [1.165, 1.54) is 24.3 Å². The highest BCUT2D eigenvalue weighted by atomic mass is 32.2. The fourth-order valence-corrected chi connectivity index (χ4v) is 1.99. The van der Waals surface area contributed by atoms with E-state index >= 15 is 0 Å². The average molecular weight is 281 g/mol. The molecule has 0 unspecified atom stereocenters. The maximum Gasteiger partial charge on any atom is 0.238 e. The van der Waals surface area contributed by atoms with Gasteiger partial charge in [-0.05, 0) is 29.8 Å². The van der Waals surface area contributed by atoms with Crippen LogP contribution in [-0.2, 0) is 16.6 Å². The summed E-state index contributed by atoms with van der Waals surface area (Å²) in [5.74, 6) is 0.139. The van der Waals surface area contributed by atoms with Crippen molar-refractivity contribution in [2.75, 3.05) is 5.32 Å². The highest BCUT2D eigenvalue weighted by Gasteiger charge is 2.06. The molecule has 0 aliphatic carbocycles. The Bertz CT molecular complexity index is 654. The maximum atomic E-state index is 12.6. The number of halogens is 1. The minimum atomic E-state index is -3.67. The van der Waals surface area contributed by atoms with E-state index in [-0.39, 0.29) is 4.90 Å². The Hall–Kier alpha value is -1.99. The van der Waals surface area contributed by atoms with Gasteiger partial charge in [0.05, 0.1) is 11.1 Å². The molecule has 7 heteroatoms. The number of nitrogens with two attached hydrogens (primary N) is 1. The van der Waals surface area contributed by atoms with Gasteiger partial charge in [0.2, 0.25) is 10.0 Å². The van der Waals surface area contributed by atoms with Crippen molar-refractivity contribution < 1.29 is 12.8 Å². The Kier molecular flexibility index (Phi) is 3.77. The molecule has 0 radical (unpaired) electrons. The Balaban J connectivity index is 2.02. The van der Waals surface area contributed by atoms with Gasteiger partial charge in [0.15, 0.2) is 0 Å². The molecule has 1 aromatic carbocycles. The fraction of sp³-hybridized carbons (Fsp3) is 0.0833. The molecule has 2 aromatic rings. The van der Waals surface area contributed by atoms with Crippen LogP contribution >= 0.6 is 0 Å². The van der Waals surface area contributed by atoms with Crippen LogP contribution in [0.5, 0.6) is 0 Å². The summed E-state index contributed by atoms with van der Waals surface area (Å²) in [5.41, 5.74) is 0.860. The Morgan fingerprint density at radius 2 is 1.84 bits per heavy atom. The van der Waals surface area contributed by atoms with Crippen LogP contribution in [0.3, 0.4) is 0 Å². The predicted molar refractivity (Wildman–Crippen MR) is 69.3 cm³/mol. The third kappa shape index (κ3) is 3.73. The molecule has 0 aliphatic rings. The second-order valence-corrected chi connectivity index (χ2v) is 5.47. The summed E-state index contributed by atoms with van der Waals surface area (Å²) in [6.07, 6.45) is 1.12. The number of hydrogen-bond donors (Lipinski definition) is 2. The molecule has 100 valence electrons. The number of nitrogens with one attached hydrogen (secondary N) is 1. The lowest BCUT2D eigenvalue weighted by Gasteiger charge is -2.06. The highest BCUT2D eigenvalue weighted by molar-refractivity contribution is 7.89. The van der Waals surface area contributed by atoms with E-state index in [2.05, 4.69) is 10.3 Å².